The number of amides is 2. The average molecular weight is 294 g/mol. The molecule has 0 saturated heterocycles. The van der Waals surface area contributed by atoms with Crippen molar-refractivity contribution in [1.29, 1.82) is 0 Å². The van der Waals surface area contributed by atoms with Crippen molar-refractivity contribution in [3.05, 3.63) is 0 Å². The molecule has 0 aliphatic rings. The van der Waals surface area contributed by atoms with E-state index in [0.29, 0.717) is 6.42 Å². The van der Waals surface area contributed by atoms with Crippen LogP contribution in [-0.2, 0) is 9.47 Å². The molecule has 6 heteroatoms. The minimum Gasteiger partial charge on any atom is -0.443 e. The quantitative estimate of drug-likeness (QED) is 0.567. The Balaban J connectivity index is 5.02. The predicted octanol–water partition coefficient (Wildman–Crippen LogP) is 4.13. The summed E-state index contributed by atoms with van der Waals surface area (Å²) >= 11 is 6.00. The van der Waals surface area contributed by atoms with Gasteiger partial charge in [-0.3, -0.25) is 0 Å². The van der Waals surface area contributed by atoms with Gasteiger partial charge in [-0.05, 0) is 48.0 Å². The van der Waals surface area contributed by atoms with Gasteiger partial charge in [0.1, 0.15) is 16.7 Å². The van der Waals surface area contributed by atoms with E-state index in [1.54, 1.807) is 48.5 Å². The minimum atomic E-state index is -0.802. The largest absolute Gasteiger partial charge is 0.443 e. The van der Waals surface area contributed by atoms with Gasteiger partial charge in [0.15, 0.2) is 0 Å². The first kappa shape index (κ1) is 18.0. The normalized spacial score (nSPS) is 13.7. The molecular weight excluding hydrogens is 270 g/mol. The van der Waals surface area contributed by atoms with Gasteiger partial charge in [-0.2, -0.15) is 4.90 Å². The van der Waals surface area contributed by atoms with Gasteiger partial charge in [-0.1, -0.05) is 18.5 Å². The zero-order valence-corrected chi connectivity index (χ0v) is 13.5. The van der Waals surface area contributed by atoms with Crippen LogP contribution in [0.25, 0.3) is 0 Å². The van der Waals surface area contributed by atoms with Crippen LogP contribution in [0.15, 0.2) is 0 Å². The molecule has 0 spiro atoms. The maximum atomic E-state index is 12.0. The summed E-state index contributed by atoms with van der Waals surface area (Å²) in [5.41, 5.74) is -2.21. The summed E-state index contributed by atoms with van der Waals surface area (Å²) in [6.07, 6.45) is -1.20. The first-order valence-corrected chi connectivity index (χ1v) is 6.70. The lowest BCUT2D eigenvalue weighted by atomic mass is 10.2. The number of alkyl halides is 1. The van der Waals surface area contributed by atoms with Crippen LogP contribution in [0.4, 0.5) is 9.59 Å². The molecule has 0 aliphatic carbocycles. The third-order valence-electron chi connectivity index (χ3n) is 1.80. The Morgan fingerprint density at radius 2 is 1.32 bits per heavy atom. The zero-order chi connectivity index (χ0) is 15.4. The van der Waals surface area contributed by atoms with Crippen molar-refractivity contribution in [3.63, 3.8) is 0 Å². The van der Waals surface area contributed by atoms with Crippen molar-refractivity contribution in [1.82, 2.24) is 4.90 Å². The Hall–Kier alpha value is -0.970. The molecule has 2 amide bonds. The van der Waals surface area contributed by atoms with E-state index in [1.807, 2.05) is 0 Å². The summed E-state index contributed by atoms with van der Waals surface area (Å²) in [6.45, 7) is 12.1. The third-order valence-corrected chi connectivity index (χ3v) is 2.30. The third kappa shape index (κ3) is 7.25. The molecule has 1 unspecified atom stereocenters. The molecule has 0 bridgehead atoms. The number of ether oxygens (including phenoxy) is 2. The topological polar surface area (TPSA) is 55.8 Å². The number of hydrogen-bond acceptors (Lipinski definition) is 4. The van der Waals surface area contributed by atoms with Crippen LogP contribution in [0.2, 0.25) is 0 Å². The highest BCUT2D eigenvalue weighted by Gasteiger charge is 2.35. The van der Waals surface area contributed by atoms with Crippen molar-refractivity contribution in [2.24, 2.45) is 0 Å². The SMILES string of the molecule is CCC(Cl)N(C(=O)OC(C)(C)C)C(=O)OC(C)(C)C. The number of carbonyl (C=O) groups excluding carboxylic acids is 2. The van der Waals surface area contributed by atoms with Crippen molar-refractivity contribution in [2.45, 2.75) is 71.6 Å². The van der Waals surface area contributed by atoms with E-state index in [1.165, 1.54) is 0 Å². The van der Waals surface area contributed by atoms with Gasteiger partial charge < -0.3 is 9.47 Å². The summed E-state index contributed by atoms with van der Waals surface area (Å²) in [4.78, 5) is 24.8. The minimum absolute atomic E-state index is 0.403. The molecule has 0 heterocycles. The number of rotatable bonds is 2. The Morgan fingerprint density at radius 1 is 1.00 bits per heavy atom. The second kappa shape index (κ2) is 6.46. The number of halogens is 1. The summed E-state index contributed by atoms with van der Waals surface area (Å²) in [5, 5.41) is 0. The number of imide groups is 1. The molecule has 19 heavy (non-hydrogen) atoms. The second-order valence-corrected chi connectivity index (χ2v) is 6.68. The van der Waals surface area contributed by atoms with Gasteiger partial charge in [0, 0.05) is 0 Å². The van der Waals surface area contributed by atoms with E-state index in [4.69, 9.17) is 21.1 Å². The molecule has 0 aromatic rings. The Labute approximate surface area is 120 Å². The van der Waals surface area contributed by atoms with Crippen LogP contribution in [0.3, 0.4) is 0 Å². The van der Waals surface area contributed by atoms with Crippen LogP contribution in [0, 0.1) is 0 Å². The van der Waals surface area contributed by atoms with Crippen molar-refractivity contribution in [2.75, 3.05) is 0 Å². The van der Waals surface area contributed by atoms with E-state index in [9.17, 15) is 9.59 Å². The molecular formula is C13H24ClNO4. The second-order valence-electron chi connectivity index (χ2n) is 6.17. The highest BCUT2D eigenvalue weighted by atomic mass is 35.5. The number of nitrogens with zero attached hydrogens (tertiary/aromatic N) is 1. The molecule has 112 valence electrons. The van der Waals surface area contributed by atoms with Gasteiger partial charge in [0.05, 0.1) is 0 Å². The standard InChI is InChI=1S/C13H24ClNO4/c1-8-9(14)15(10(16)18-12(2,3)4)11(17)19-13(5,6)7/h9H,8H2,1-7H3. The van der Waals surface area contributed by atoms with Crippen molar-refractivity contribution < 1.29 is 19.1 Å². The van der Waals surface area contributed by atoms with E-state index in [0.717, 1.165) is 4.90 Å². The molecule has 0 rings (SSSR count). The smallest absolute Gasteiger partial charge is 0.421 e. The lowest BCUT2D eigenvalue weighted by Crippen LogP contribution is -2.47. The van der Waals surface area contributed by atoms with Crippen LogP contribution >= 0.6 is 11.6 Å². The highest BCUT2D eigenvalue weighted by molar-refractivity contribution is 6.22. The maximum absolute atomic E-state index is 12.0. The monoisotopic (exact) mass is 293 g/mol. The van der Waals surface area contributed by atoms with E-state index >= 15 is 0 Å². The fourth-order valence-corrected chi connectivity index (χ4v) is 1.27. The fourth-order valence-electron chi connectivity index (χ4n) is 1.11. The van der Waals surface area contributed by atoms with Crippen molar-refractivity contribution in [3.8, 4) is 0 Å². The predicted molar refractivity (Wildman–Crippen MR) is 74.2 cm³/mol. The number of hydrogen-bond donors (Lipinski definition) is 0. The van der Waals surface area contributed by atoms with Crippen LogP contribution in [-0.4, -0.2) is 33.8 Å². The number of carbonyl (C=O) groups is 2. The van der Waals surface area contributed by atoms with Gasteiger partial charge >= 0.3 is 12.2 Å². The van der Waals surface area contributed by atoms with E-state index in [-0.39, 0.29) is 0 Å². The van der Waals surface area contributed by atoms with Gasteiger partial charge in [0.2, 0.25) is 0 Å². The van der Waals surface area contributed by atoms with Crippen LogP contribution in [0.1, 0.15) is 54.9 Å². The lowest BCUT2D eigenvalue weighted by Gasteiger charge is -2.30. The first-order chi connectivity index (χ1) is 8.37. The fraction of sp³-hybridized carbons (Fsp3) is 0.846. The van der Waals surface area contributed by atoms with Crippen LogP contribution < -0.4 is 0 Å². The molecule has 0 aliphatic heterocycles. The zero-order valence-electron chi connectivity index (χ0n) is 12.7. The summed E-state index contributed by atoms with van der Waals surface area (Å²) in [5.74, 6) is 0. The Kier molecular flexibility index (Phi) is 6.13. The average Bonchev–Trinajstić information content (AvgIpc) is 2.11. The molecule has 0 aromatic heterocycles. The molecule has 5 nitrogen and oxygen atoms in total. The molecule has 0 saturated carbocycles. The maximum Gasteiger partial charge on any atom is 0.421 e. The highest BCUT2D eigenvalue weighted by Crippen LogP contribution is 2.19. The van der Waals surface area contributed by atoms with E-state index < -0.39 is 28.9 Å². The van der Waals surface area contributed by atoms with Gasteiger partial charge in [-0.15, -0.1) is 0 Å². The molecule has 1 atom stereocenters. The summed E-state index contributed by atoms with van der Waals surface area (Å²) < 4.78 is 10.3. The Morgan fingerprint density at radius 3 is 1.53 bits per heavy atom. The Bertz CT molecular complexity index is 303. The molecule has 0 aromatic carbocycles. The lowest BCUT2D eigenvalue weighted by molar-refractivity contribution is -0.00146. The van der Waals surface area contributed by atoms with E-state index in [2.05, 4.69) is 0 Å². The van der Waals surface area contributed by atoms with Crippen molar-refractivity contribution >= 4 is 23.8 Å². The molecule has 0 radical (unpaired) electrons. The van der Waals surface area contributed by atoms with Gasteiger partial charge in [0.25, 0.3) is 0 Å². The molecule has 0 N–H and O–H groups in total. The first-order valence-electron chi connectivity index (χ1n) is 6.26. The molecule has 0 fully saturated rings. The summed E-state index contributed by atoms with van der Waals surface area (Å²) in [7, 11) is 0. The van der Waals surface area contributed by atoms with Gasteiger partial charge in [-0.25, -0.2) is 9.59 Å². The summed E-state index contributed by atoms with van der Waals surface area (Å²) in [6, 6.07) is 0. The van der Waals surface area contributed by atoms with Crippen LogP contribution in [0.5, 0.6) is 0 Å².